The summed E-state index contributed by atoms with van der Waals surface area (Å²) in [5, 5.41) is 9.84. The predicted molar refractivity (Wildman–Crippen MR) is 65.9 cm³/mol. The number of nitrogens with zero attached hydrogens (tertiary/aromatic N) is 2. The van der Waals surface area contributed by atoms with Gasteiger partial charge in [-0.2, -0.15) is 0 Å². The first-order chi connectivity index (χ1) is 8.09. The van der Waals surface area contributed by atoms with E-state index in [4.69, 9.17) is 0 Å². The van der Waals surface area contributed by atoms with E-state index in [0.29, 0.717) is 17.1 Å². The van der Waals surface area contributed by atoms with E-state index < -0.39 is 0 Å². The molecule has 1 heterocycles. The molecule has 1 amide bonds. The van der Waals surface area contributed by atoms with Crippen molar-refractivity contribution >= 4 is 27.7 Å². The van der Waals surface area contributed by atoms with Crippen LogP contribution in [0.4, 0.5) is 5.82 Å². The number of benzene rings is 1. The summed E-state index contributed by atoms with van der Waals surface area (Å²) in [5.41, 5.74) is 2.01. The molecule has 1 N–H and O–H groups in total. The minimum atomic E-state index is -0.234. The van der Waals surface area contributed by atoms with Crippen molar-refractivity contribution in [2.24, 2.45) is 0 Å². The van der Waals surface area contributed by atoms with Crippen LogP contribution in [0.1, 0.15) is 21.6 Å². The molecule has 2 rings (SSSR count). The molecular formula is C11H10BrN3O2. The second kappa shape index (κ2) is 4.67. The van der Waals surface area contributed by atoms with Crippen LogP contribution < -0.4 is 5.32 Å². The lowest BCUT2D eigenvalue weighted by atomic mass is 10.1. The number of anilines is 1. The van der Waals surface area contributed by atoms with E-state index in [1.807, 2.05) is 13.0 Å². The van der Waals surface area contributed by atoms with Crippen LogP contribution in [-0.4, -0.2) is 16.2 Å². The quantitative estimate of drug-likeness (QED) is 0.925. The van der Waals surface area contributed by atoms with E-state index >= 15 is 0 Å². The van der Waals surface area contributed by atoms with Gasteiger partial charge in [0.15, 0.2) is 0 Å². The number of aromatic nitrogens is 2. The van der Waals surface area contributed by atoms with Crippen LogP contribution in [0.15, 0.2) is 27.3 Å². The molecule has 0 saturated carbocycles. The van der Waals surface area contributed by atoms with Crippen LogP contribution in [-0.2, 0) is 0 Å². The van der Waals surface area contributed by atoms with Crippen molar-refractivity contribution in [1.29, 1.82) is 0 Å². The SMILES string of the molecule is Cc1nonc1NC(=O)c1cccc(Br)c1C. The summed E-state index contributed by atoms with van der Waals surface area (Å²) in [5.74, 6) is 0.108. The molecule has 2 aromatic rings. The Morgan fingerprint density at radius 3 is 2.76 bits per heavy atom. The average molecular weight is 296 g/mol. The van der Waals surface area contributed by atoms with Gasteiger partial charge in [0.2, 0.25) is 5.82 Å². The van der Waals surface area contributed by atoms with Gasteiger partial charge >= 0.3 is 0 Å². The molecular weight excluding hydrogens is 286 g/mol. The smallest absolute Gasteiger partial charge is 0.257 e. The predicted octanol–water partition coefficient (Wildman–Crippen LogP) is 2.70. The van der Waals surface area contributed by atoms with E-state index in [1.165, 1.54) is 0 Å². The first kappa shape index (κ1) is 11.8. The molecule has 88 valence electrons. The molecule has 1 aromatic heterocycles. The number of rotatable bonds is 2. The first-order valence-electron chi connectivity index (χ1n) is 4.95. The molecule has 0 aliphatic rings. The molecule has 0 bridgehead atoms. The molecule has 0 aliphatic heterocycles. The molecule has 0 spiro atoms. The second-order valence-corrected chi connectivity index (χ2v) is 4.42. The third kappa shape index (κ3) is 2.36. The van der Waals surface area contributed by atoms with Crippen LogP contribution in [0, 0.1) is 13.8 Å². The normalized spacial score (nSPS) is 10.3. The maximum atomic E-state index is 12.0. The van der Waals surface area contributed by atoms with Gasteiger partial charge in [0.25, 0.3) is 5.91 Å². The molecule has 17 heavy (non-hydrogen) atoms. The number of hydrogen-bond donors (Lipinski definition) is 1. The number of nitrogens with one attached hydrogen (secondary N) is 1. The van der Waals surface area contributed by atoms with E-state index in [0.717, 1.165) is 10.0 Å². The highest BCUT2D eigenvalue weighted by atomic mass is 79.9. The standard InChI is InChI=1S/C11H10BrN3O2/c1-6-8(4-3-5-9(6)12)11(16)13-10-7(2)14-17-15-10/h3-5H,1-2H3,(H,13,15,16). The lowest BCUT2D eigenvalue weighted by Crippen LogP contribution is -2.14. The number of aryl methyl sites for hydroxylation is 1. The van der Waals surface area contributed by atoms with Crippen LogP contribution >= 0.6 is 15.9 Å². The summed E-state index contributed by atoms with van der Waals surface area (Å²) in [7, 11) is 0. The summed E-state index contributed by atoms with van der Waals surface area (Å²) < 4.78 is 5.40. The fourth-order valence-corrected chi connectivity index (χ4v) is 1.74. The topological polar surface area (TPSA) is 68.0 Å². The maximum Gasteiger partial charge on any atom is 0.257 e. The van der Waals surface area contributed by atoms with Gasteiger partial charge in [-0.15, -0.1) is 0 Å². The van der Waals surface area contributed by atoms with Crippen LogP contribution in [0.5, 0.6) is 0 Å². The molecule has 0 atom stereocenters. The molecule has 0 unspecified atom stereocenters. The van der Waals surface area contributed by atoms with Gasteiger partial charge in [-0.1, -0.05) is 27.2 Å². The Morgan fingerprint density at radius 1 is 1.35 bits per heavy atom. The molecule has 1 aromatic carbocycles. The molecule has 0 aliphatic carbocycles. The third-order valence-corrected chi connectivity index (χ3v) is 3.26. The summed E-state index contributed by atoms with van der Waals surface area (Å²) in [6.07, 6.45) is 0. The molecule has 6 heteroatoms. The Kier molecular flexibility index (Phi) is 3.23. The molecule has 5 nitrogen and oxygen atoms in total. The van der Waals surface area contributed by atoms with Crippen molar-refractivity contribution in [1.82, 2.24) is 10.3 Å². The van der Waals surface area contributed by atoms with Crippen LogP contribution in [0.3, 0.4) is 0 Å². The van der Waals surface area contributed by atoms with Crippen molar-refractivity contribution in [3.8, 4) is 0 Å². The van der Waals surface area contributed by atoms with E-state index in [-0.39, 0.29) is 5.91 Å². The van der Waals surface area contributed by atoms with E-state index in [1.54, 1.807) is 19.1 Å². The zero-order valence-electron chi connectivity index (χ0n) is 9.32. The number of carbonyl (C=O) groups is 1. The third-order valence-electron chi connectivity index (χ3n) is 2.40. The zero-order chi connectivity index (χ0) is 12.4. The fraction of sp³-hybridized carbons (Fsp3) is 0.182. The van der Waals surface area contributed by atoms with Gasteiger partial charge in [-0.3, -0.25) is 4.79 Å². The van der Waals surface area contributed by atoms with Gasteiger partial charge in [0.1, 0.15) is 5.69 Å². The fourth-order valence-electron chi connectivity index (χ4n) is 1.37. The summed E-state index contributed by atoms with van der Waals surface area (Å²) in [6, 6.07) is 5.44. The van der Waals surface area contributed by atoms with Gasteiger partial charge < -0.3 is 5.32 Å². The van der Waals surface area contributed by atoms with Gasteiger partial charge in [0, 0.05) is 10.0 Å². The first-order valence-corrected chi connectivity index (χ1v) is 5.74. The van der Waals surface area contributed by atoms with Crippen molar-refractivity contribution in [3.63, 3.8) is 0 Å². The van der Waals surface area contributed by atoms with Crippen LogP contribution in [0.2, 0.25) is 0 Å². The number of amides is 1. The van der Waals surface area contributed by atoms with E-state index in [9.17, 15) is 4.79 Å². The highest BCUT2D eigenvalue weighted by molar-refractivity contribution is 9.10. The Labute approximate surface area is 106 Å². The Morgan fingerprint density at radius 2 is 2.12 bits per heavy atom. The summed E-state index contributed by atoms with van der Waals surface area (Å²) in [6.45, 7) is 3.58. The second-order valence-electron chi connectivity index (χ2n) is 3.56. The van der Waals surface area contributed by atoms with Gasteiger partial charge in [-0.05, 0) is 36.7 Å². The maximum absolute atomic E-state index is 12.0. The Balaban J connectivity index is 2.27. The van der Waals surface area contributed by atoms with Crippen molar-refractivity contribution < 1.29 is 9.42 Å². The molecule has 0 radical (unpaired) electrons. The van der Waals surface area contributed by atoms with Crippen molar-refractivity contribution in [2.45, 2.75) is 13.8 Å². The molecule has 0 saturated heterocycles. The van der Waals surface area contributed by atoms with Gasteiger partial charge in [-0.25, -0.2) is 4.63 Å². The zero-order valence-corrected chi connectivity index (χ0v) is 10.9. The highest BCUT2D eigenvalue weighted by Crippen LogP contribution is 2.20. The lowest BCUT2D eigenvalue weighted by molar-refractivity contribution is 0.102. The number of hydrogen-bond acceptors (Lipinski definition) is 4. The van der Waals surface area contributed by atoms with Crippen molar-refractivity contribution in [3.05, 3.63) is 39.5 Å². The highest BCUT2D eigenvalue weighted by Gasteiger charge is 2.14. The number of halogens is 1. The average Bonchev–Trinajstić information content (AvgIpc) is 2.68. The number of carbonyl (C=O) groups excluding carboxylic acids is 1. The summed E-state index contributed by atoms with van der Waals surface area (Å²) in [4.78, 5) is 12.0. The largest absolute Gasteiger partial charge is 0.302 e. The van der Waals surface area contributed by atoms with Gasteiger partial charge in [0.05, 0.1) is 0 Å². The Bertz CT molecular complexity index is 566. The summed E-state index contributed by atoms with van der Waals surface area (Å²) >= 11 is 3.38. The lowest BCUT2D eigenvalue weighted by Gasteiger charge is -2.06. The van der Waals surface area contributed by atoms with Crippen LogP contribution in [0.25, 0.3) is 0 Å². The minimum Gasteiger partial charge on any atom is -0.302 e. The van der Waals surface area contributed by atoms with E-state index in [2.05, 4.69) is 36.2 Å². The Hall–Kier alpha value is -1.69. The monoisotopic (exact) mass is 295 g/mol. The molecule has 0 fully saturated rings. The van der Waals surface area contributed by atoms with Crippen molar-refractivity contribution in [2.75, 3.05) is 5.32 Å². The minimum absolute atomic E-state index is 0.234.